The van der Waals surface area contributed by atoms with Crippen LogP contribution in [0.25, 0.3) is 0 Å². The average molecular weight is 374 g/mol. The summed E-state index contributed by atoms with van der Waals surface area (Å²) < 4.78 is 0. The molecule has 0 aromatic heterocycles. The molecule has 2 atom stereocenters. The molecule has 0 aliphatic carbocycles. The number of fused-ring (bicyclic) bond motifs is 1. The van der Waals surface area contributed by atoms with Crippen molar-refractivity contribution in [2.45, 2.75) is 65.6 Å². The van der Waals surface area contributed by atoms with Crippen molar-refractivity contribution in [2.75, 3.05) is 0 Å². The number of carbonyl (C=O) groups is 3. The lowest BCUT2D eigenvalue weighted by Gasteiger charge is -2.37. The predicted octanol–water partition coefficient (Wildman–Crippen LogP) is 2.60. The van der Waals surface area contributed by atoms with Crippen molar-refractivity contribution in [3.05, 3.63) is 35.4 Å². The van der Waals surface area contributed by atoms with Crippen LogP contribution in [0.2, 0.25) is 0 Å². The first-order valence-corrected chi connectivity index (χ1v) is 9.58. The molecule has 1 heterocycles. The molecule has 1 aromatic carbocycles. The van der Waals surface area contributed by atoms with Crippen LogP contribution in [0.3, 0.4) is 0 Å². The van der Waals surface area contributed by atoms with E-state index in [2.05, 4.69) is 5.32 Å². The van der Waals surface area contributed by atoms with E-state index >= 15 is 0 Å². The van der Waals surface area contributed by atoms with E-state index in [1.807, 2.05) is 52.0 Å². The quantitative estimate of drug-likeness (QED) is 0.768. The summed E-state index contributed by atoms with van der Waals surface area (Å²) in [5.41, 5.74) is 2.07. The Morgan fingerprint density at radius 1 is 1.11 bits per heavy atom. The highest BCUT2D eigenvalue weighted by Crippen LogP contribution is 2.25. The molecule has 2 N–H and O–H groups in total. The third-order valence-corrected chi connectivity index (χ3v) is 4.78. The van der Waals surface area contributed by atoms with Crippen molar-refractivity contribution < 1.29 is 19.5 Å². The van der Waals surface area contributed by atoms with Crippen LogP contribution in [-0.2, 0) is 27.3 Å². The number of carbonyl (C=O) groups excluding carboxylic acids is 2. The second-order valence-electron chi connectivity index (χ2n) is 8.14. The first-order chi connectivity index (χ1) is 12.7. The van der Waals surface area contributed by atoms with Crippen LogP contribution >= 0.6 is 0 Å². The fraction of sp³-hybridized carbons (Fsp3) is 0.571. The molecule has 1 aliphatic heterocycles. The SMILES string of the molecule is CC(C)CC(=O)N1Cc2ccccc2CC1C(=O)N[C@H](CC(C)C)C(=O)O. The van der Waals surface area contributed by atoms with Gasteiger partial charge in [0.1, 0.15) is 12.1 Å². The van der Waals surface area contributed by atoms with Crippen LogP contribution in [0.15, 0.2) is 24.3 Å². The number of hydrogen-bond acceptors (Lipinski definition) is 3. The summed E-state index contributed by atoms with van der Waals surface area (Å²) in [5, 5.41) is 12.1. The fourth-order valence-electron chi connectivity index (χ4n) is 3.45. The molecule has 6 heteroatoms. The van der Waals surface area contributed by atoms with Crippen molar-refractivity contribution in [3.63, 3.8) is 0 Å². The molecule has 2 amide bonds. The zero-order chi connectivity index (χ0) is 20.1. The van der Waals surface area contributed by atoms with Gasteiger partial charge in [0.15, 0.2) is 0 Å². The maximum absolute atomic E-state index is 12.9. The number of nitrogens with one attached hydrogen (secondary N) is 1. The van der Waals surface area contributed by atoms with E-state index in [1.165, 1.54) is 0 Å². The van der Waals surface area contributed by atoms with Gasteiger partial charge in [-0.1, -0.05) is 52.0 Å². The zero-order valence-electron chi connectivity index (χ0n) is 16.6. The second kappa shape index (κ2) is 9.02. The molecular weight excluding hydrogens is 344 g/mol. The Balaban J connectivity index is 2.24. The van der Waals surface area contributed by atoms with Crippen molar-refractivity contribution >= 4 is 17.8 Å². The number of carboxylic acids is 1. The van der Waals surface area contributed by atoms with Gasteiger partial charge < -0.3 is 15.3 Å². The van der Waals surface area contributed by atoms with Crippen LogP contribution in [0.1, 0.15) is 51.7 Å². The Morgan fingerprint density at radius 2 is 1.74 bits per heavy atom. The van der Waals surface area contributed by atoms with Gasteiger partial charge in [-0.25, -0.2) is 4.79 Å². The topological polar surface area (TPSA) is 86.7 Å². The maximum Gasteiger partial charge on any atom is 0.326 e. The molecule has 0 saturated heterocycles. The first kappa shape index (κ1) is 20.9. The molecule has 148 valence electrons. The van der Waals surface area contributed by atoms with Gasteiger partial charge in [0.2, 0.25) is 11.8 Å². The van der Waals surface area contributed by atoms with Crippen LogP contribution in [0, 0.1) is 11.8 Å². The summed E-state index contributed by atoms with van der Waals surface area (Å²) in [6.07, 6.45) is 1.12. The van der Waals surface area contributed by atoms with Crippen LogP contribution in [0.4, 0.5) is 0 Å². The van der Waals surface area contributed by atoms with E-state index in [0.29, 0.717) is 25.8 Å². The van der Waals surface area contributed by atoms with E-state index in [9.17, 15) is 19.5 Å². The monoisotopic (exact) mass is 374 g/mol. The Bertz CT molecular complexity index is 699. The Hall–Kier alpha value is -2.37. The van der Waals surface area contributed by atoms with Gasteiger partial charge in [-0.3, -0.25) is 9.59 Å². The van der Waals surface area contributed by atoms with E-state index < -0.39 is 24.0 Å². The highest BCUT2D eigenvalue weighted by Gasteiger charge is 2.36. The fourth-order valence-corrected chi connectivity index (χ4v) is 3.45. The highest BCUT2D eigenvalue weighted by atomic mass is 16.4. The van der Waals surface area contributed by atoms with Crippen LogP contribution < -0.4 is 5.32 Å². The summed E-state index contributed by atoms with van der Waals surface area (Å²) in [7, 11) is 0. The van der Waals surface area contributed by atoms with E-state index in [-0.39, 0.29) is 17.7 Å². The van der Waals surface area contributed by atoms with E-state index in [1.54, 1.807) is 4.90 Å². The number of aliphatic carboxylic acids is 1. The molecule has 0 spiro atoms. The van der Waals surface area contributed by atoms with E-state index in [0.717, 1.165) is 11.1 Å². The lowest BCUT2D eigenvalue weighted by molar-refractivity contribution is -0.146. The highest BCUT2D eigenvalue weighted by molar-refractivity contribution is 5.91. The normalized spacial score (nSPS) is 17.6. The molecule has 1 aromatic rings. The third-order valence-electron chi connectivity index (χ3n) is 4.78. The summed E-state index contributed by atoms with van der Waals surface area (Å²) in [6, 6.07) is 6.14. The Kier molecular flexibility index (Phi) is 6.99. The number of nitrogens with zero attached hydrogens (tertiary/aromatic N) is 1. The molecule has 0 bridgehead atoms. The zero-order valence-corrected chi connectivity index (χ0v) is 16.6. The van der Waals surface area contributed by atoms with Gasteiger partial charge >= 0.3 is 5.97 Å². The molecule has 1 unspecified atom stereocenters. The smallest absolute Gasteiger partial charge is 0.326 e. The maximum atomic E-state index is 12.9. The lowest BCUT2D eigenvalue weighted by atomic mass is 9.92. The van der Waals surface area contributed by atoms with Crippen molar-refractivity contribution in [2.24, 2.45) is 11.8 Å². The molecule has 0 fully saturated rings. The summed E-state index contributed by atoms with van der Waals surface area (Å²) in [4.78, 5) is 38.8. The molecule has 2 rings (SSSR count). The summed E-state index contributed by atoms with van der Waals surface area (Å²) >= 11 is 0. The number of benzene rings is 1. The van der Waals surface area contributed by atoms with Gasteiger partial charge in [0.05, 0.1) is 0 Å². The lowest BCUT2D eigenvalue weighted by Crippen LogP contribution is -2.55. The third kappa shape index (κ3) is 5.55. The van der Waals surface area contributed by atoms with E-state index in [4.69, 9.17) is 0 Å². The van der Waals surface area contributed by atoms with Gasteiger partial charge in [-0.15, -0.1) is 0 Å². The number of rotatable bonds is 7. The number of amides is 2. The molecular formula is C21H30N2O4. The first-order valence-electron chi connectivity index (χ1n) is 9.58. The Morgan fingerprint density at radius 3 is 2.30 bits per heavy atom. The molecule has 0 saturated carbocycles. The van der Waals surface area contributed by atoms with Crippen LogP contribution in [-0.4, -0.2) is 39.9 Å². The number of carboxylic acid groups (broad SMARTS) is 1. The van der Waals surface area contributed by atoms with Gasteiger partial charge in [-0.2, -0.15) is 0 Å². The minimum atomic E-state index is -1.05. The Labute approximate surface area is 160 Å². The van der Waals surface area contributed by atoms with Crippen molar-refractivity contribution in [1.82, 2.24) is 10.2 Å². The number of hydrogen-bond donors (Lipinski definition) is 2. The standard InChI is InChI=1S/C21H30N2O4/c1-13(2)9-17(21(26)27)22-20(25)18-11-15-7-5-6-8-16(15)12-23(18)19(24)10-14(3)4/h5-8,13-14,17-18H,9-12H2,1-4H3,(H,22,25)(H,26,27)/t17-,18?/m1/s1. The molecule has 6 nitrogen and oxygen atoms in total. The molecule has 0 radical (unpaired) electrons. The molecule has 27 heavy (non-hydrogen) atoms. The summed E-state index contributed by atoms with van der Waals surface area (Å²) in [5.74, 6) is -1.19. The second-order valence-corrected chi connectivity index (χ2v) is 8.14. The summed E-state index contributed by atoms with van der Waals surface area (Å²) in [6.45, 7) is 8.14. The minimum Gasteiger partial charge on any atom is -0.480 e. The van der Waals surface area contributed by atoms with Gasteiger partial charge in [-0.05, 0) is 29.4 Å². The predicted molar refractivity (Wildman–Crippen MR) is 103 cm³/mol. The van der Waals surface area contributed by atoms with Crippen molar-refractivity contribution in [3.8, 4) is 0 Å². The van der Waals surface area contributed by atoms with Crippen molar-refractivity contribution in [1.29, 1.82) is 0 Å². The van der Waals surface area contributed by atoms with Crippen LogP contribution in [0.5, 0.6) is 0 Å². The average Bonchev–Trinajstić information content (AvgIpc) is 2.58. The largest absolute Gasteiger partial charge is 0.480 e. The minimum absolute atomic E-state index is 0.0737. The van der Waals surface area contributed by atoms with Gasteiger partial charge in [0, 0.05) is 19.4 Å². The molecule has 1 aliphatic rings. The van der Waals surface area contributed by atoms with Gasteiger partial charge in [0.25, 0.3) is 0 Å².